The molecule has 5 rings (SSSR count). The highest BCUT2D eigenvalue weighted by Crippen LogP contribution is 2.33. The highest BCUT2D eigenvalue weighted by molar-refractivity contribution is 7.92. The summed E-state index contributed by atoms with van der Waals surface area (Å²) in [6.07, 6.45) is 2.43. The van der Waals surface area contributed by atoms with Crippen LogP contribution in [-0.2, 0) is 37.8 Å². The molecule has 11 heteroatoms. The van der Waals surface area contributed by atoms with Gasteiger partial charge in [-0.2, -0.15) is 4.31 Å². The lowest BCUT2D eigenvalue weighted by Crippen LogP contribution is -2.29. The summed E-state index contributed by atoms with van der Waals surface area (Å²) >= 11 is 0. The van der Waals surface area contributed by atoms with Crippen LogP contribution < -0.4 is 14.4 Å². The first-order valence-electron chi connectivity index (χ1n) is 12.9. The van der Waals surface area contributed by atoms with E-state index in [9.17, 15) is 21.6 Å². The average molecular weight is 570 g/mol. The van der Waals surface area contributed by atoms with Gasteiger partial charge in [0.15, 0.2) is 6.61 Å². The zero-order valence-electron chi connectivity index (χ0n) is 21.7. The van der Waals surface area contributed by atoms with Crippen molar-refractivity contribution >= 4 is 31.6 Å². The van der Waals surface area contributed by atoms with Crippen LogP contribution in [0.25, 0.3) is 0 Å². The van der Waals surface area contributed by atoms with Crippen LogP contribution in [0.1, 0.15) is 29.5 Å². The summed E-state index contributed by atoms with van der Waals surface area (Å²) in [5, 5.41) is 2.76. The van der Waals surface area contributed by atoms with E-state index in [1.54, 1.807) is 43.3 Å². The van der Waals surface area contributed by atoms with Crippen LogP contribution in [0.2, 0.25) is 0 Å². The lowest BCUT2D eigenvalue weighted by atomic mass is 10.2. The van der Waals surface area contributed by atoms with Gasteiger partial charge >= 0.3 is 0 Å². The number of hydrogen-bond acceptors (Lipinski definition) is 6. The maximum absolute atomic E-state index is 13.3. The molecule has 2 heterocycles. The number of carbonyl (C=O) groups excluding carboxylic acids is 1. The van der Waals surface area contributed by atoms with Crippen LogP contribution >= 0.6 is 0 Å². The fraction of sp³-hybridized carbons (Fsp3) is 0.321. The predicted octanol–water partition coefficient (Wildman–Crippen LogP) is 3.23. The predicted molar refractivity (Wildman–Crippen MR) is 148 cm³/mol. The lowest BCUT2D eigenvalue weighted by molar-refractivity contribution is -0.123. The van der Waals surface area contributed by atoms with Gasteiger partial charge in [-0.25, -0.2) is 16.8 Å². The van der Waals surface area contributed by atoms with Crippen LogP contribution in [0, 0.1) is 6.92 Å². The zero-order chi connectivity index (χ0) is 27.6. The van der Waals surface area contributed by atoms with E-state index in [4.69, 9.17) is 4.74 Å². The molecule has 0 spiro atoms. The van der Waals surface area contributed by atoms with Crippen molar-refractivity contribution in [1.82, 2.24) is 9.62 Å². The van der Waals surface area contributed by atoms with Crippen molar-refractivity contribution in [3.63, 3.8) is 0 Å². The number of benzene rings is 3. The van der Waals surface area contributed by atoms with E-state index in [1.807, 2.05) is 24.3 Å². The number of amides is 1. The highest BCUT2D eigenvalue weighted by atomic mass is 32.2. The normalized spacial score (nSPS) is 15.8. The Hall–Kier alpha value is -3.41. The van der Waals surface area contributed by atoms with Gasteiger partial charge in [0.25, 0.3) is 15.9 Å². The molecule has 2 aliphatic heterocycles. The Morgan fingerprint density at radius 1 is 0.872 bits per heavy atom. The van der Waals surface area contributed by atoms with Crippen molar-refractivity contribution in [3.8, 4) is 5.75 Å². The van der Waals surface area contributed by atoms with Crippen molar-refractivity contribution in [3.05, 3.63) is 83.4 Å². The van der Waals surface area contributed by atoms with E-state index in [2.05, 4.69) is 5.32 Å². The van der Waals surface area contributed by atoms with E-state index < -0.39 is 20.0 Å². The van der Waals surface area contributed by atoms with Gasteiger partial charge in [0.2, 0.25) is 10.0 Å². The van der Waals surface area contributed by atoms with Gasteiger partial charge in [-0.3, -0.25) is 9.10 Å². The standard InChI is InChI=1S/C28H31N3O6S2/c1-21-18-25(39(35,36)31-17-14-23-6-2-3-7-26(23)31)12-13-27(21)37-20-28(32)29-19-22-8-10-24(11-9-22)38(33,34)30-15-4-5-16-30/h2-3,6-13,18H,4-5,14-17,19-20H2,1H3,(H,29,32). The van der Waals surface area contributed by atoms with Crippen molar-refractivity contribution in [1.29, 1.82) is 0 Å². The van der Waals surface area contributed by atoms with Gasteiger partial charge in [0, 0.05) is 26.2 Å². The van der Waals surface area contributed by atoms with Crippen molar-refractivity contribution in [2.45, 2.75) is 42.5 Å². The number of ether oxygens (including phenoxy) is 1. The average Bonchev–Trinajstić information content (AvgIpc) is 3.63. The van der Waals surface area contributed by atoms with Crippen LogP contribution in [0.5, 0.6) is 5.75 Å². The topological polar surface area (TPSA) is 113 Å². The second-order valence-corrected chi connectivity index (χ2v) is 13.5. The largest absolute Gasteiger partial charge is 0.484 e. The summed E-state index contributed by atoms with van der Waals surface area (Å²) < 4.78 is 60.4. The van der Waals surface area contributed by atoms with Gasteiger partial charge in [-0.1, -0.05) is 30.3 Å². The van der Waals surface area contributed by atoms with Gasteiger partial charge in [0.1, 0.15) is 5.75 Å². The Balaban J connectivity index is 1.15. The first-order chi connectivity index (χ1) is 18.7. The molecule has 3 aromatic carbocycles. The number of sulfonamides is 2. The number of para-hydroxylation sites is 1. The van der Waals surface area contributed by atoms with Gasteiger partial charge in [-0.15, -0.1) is 0 Å². The van der Waals surface area contributed by atoms with E-state index in [0.717, 1.165) is 24.0 Å². The molecule has 1 fully saturated rings. The summed E-state index contributed by atoms with van der Waals surface area (Å²) in [5.41, 5.74) is 3.07. The maximum atomic E-state index is 13.3. The number of carbonyl (C=O) groups is 1. The minimum Gasteiger partial charge on any atom is -0.484 e. The third-order valence-corrected chi connectivity index (χ3v) is 10.8. The molecule has 0 aromatic heterocycles. The lowest BCUT2D eigenvalue weighted by Gasteiger charge is -2.20. The highest BCUT2D eigenvalue weighted by Gasteiger charge is 2.31. The Morgan fingerprint density at radius 3 is 2.28 bits per heavy atom. The Bertz CT molecular complexity index is 1580. The fourth-order valence-electron chi connectivity index (χ4n) is 4.88. The van der Waals surface area contributed by atoms with Crippen LogP contribution in [0.15, 0.2) is 76.5 Å². The molecule has 1 N–H and O–H groups in total. The Kier molecular flexibility index (Phi) is 7.66. The van der Waals surface area contributed by atoms with Gasteiger partial charge in [-0.05, 0) is 79.3 Å². The molecule has 0 saturated carbocycles. The van der Waals surface area contributed by atoms with Crippen LogP contribution in [0.4, 0.5) is 5.69 Å². The molecule has 206 valence electrons. The second-order valence-electron chi connectivity index (χ2n) is 9.70. The van der Waals surface area contributed by atoms with E-state index in [1.165, 1.54) is 14.7 Å². The molecule has 3 aromatic rings. The number of nitrogens with one attached hydrogen (secondary N) is 1. The number of rotatable bonds is 9. The molecule has 0 atom stereocenters. The van der Waals surface area contributed by atoms with Gasteiger partial charge < -0.3 is 10.1 Å². The van der Waals surface area contributed by atoms with E-state index in [-0.39, 0.29) is 28.8 Å². The smallest absolute Gasteiger partial charge is 0.264 e. The Labute approximate surface area is 229 Å². The quantitative estimate of drug-likeness (QED) is 0.424. The first-order valence-corrected chi connectivity index (χ1v) is 15.7. The molecule has 0 radical (unpaired) electrons. The summed E-state index contributed by atoms with van der Waals surface area (Å²) in [4.78, 5) is 12.8. The number of nitrogens with zero attached hydrogens (tertiary/aromatic N) is 2. The first kappa shape index (κ1) is 27.2. The van der Waals surface area contributed by atoms with Crippen molar-refractivity contribution in [2.75, 3.05) is 30.5 Å². The minimum atomic E-state index is -3.72. The molecular weight excluding hydrogens is 538 g/mol. The van der Waals surface area contributed by atoms with Crippen molar-refractivity contribution < 1.29 is 26.4 Å². The number of anilines is 1. The SMILES string of the molecule is Cc1cc(S(=O)(=O)N2CCc3ccccc32)ccc1OCC(=O)NCc1ccc(S(=O)(=O)N2CCCC2)cc1. The monoisotopic (exact) mass is 569 g/mol. The van der Waals surface area contributed by atoms with Crippen LogP contribution in [0.3, 0.4) is 0 Å². The molecule has 1 amide bonds. The Morgan fingerprint density at radius 2 is 1.56 bits per heavy atom. The number of hydrogen-bond donors (Lipinski definition) is 1. The summed E-state index contributed by atoms with van der Waals surface area (Å²) in [7, 11) is -7.20. The molecular formula is C28H31N3O6S2. The van der Waals surface area contributed by atoms with Crippen molar-refractivity contribution in [2.24, 2.45) is 0 Å². The van der Waals surface area contributed by atoms with Crippen LogP contribution in [-0.4, -0.2) is 53.3 Å². The maximum Gasteiger partial charge on any atom is 0.264 e. The third kappa shape index (κ3) is 5.66. The molecule has 0 aliphatic carbocycles. The number of fused-ring (bicyclic) bond motifs is 1. The van der Waals surface area contributed by atoms with E-state index in [0.29, 0.717) is 43.1 Å². The van der Waals surface area contributed by atoms with Gasteiger partial charge in [0.05, 0.1) is 15.5 Å². The number of aryl methyl sites for hydroxylation is 1. The summed E-state index contributed by atoms with van der Waals surface area (Å²) in [6.45, 7) is 3.21. The fourth-order valence-corrected chi connectivity index (χ4v) is 7.99. The zero-order valence-corrected chi connectivity index (χ0v) is 23.3. The molecule has 9 nitrogen and oxygen atoms in total. The third-order valence-electron chi connectivity index (χ3n) is 7.05. The molecule has 2 aliphatic rings. The molecule has 39 heavy (non-hydrogen) atoms. The second kappa shape index (κ2) is 11.0. The minimum absolute atomic E-state index is 0.170. The molecule has 1 saturated heterocycles. The molecule has 0 bridgehead atoms. The summed E-state index contributed by atoms with van der Waals surface area (Å²) in [5.74, 6) is 0.0657. The van der Waals surface area contributed by atoms with E-state index >= 15 is 0 Å². The molecule has 0 unspecified atom stereocenters. The summed E-state index contributed by atoms with van der Waals surface area (Å²) in [6, 6.07) is 18.6.